The monoisotopic (exact) mass is 725 g/mol. The molecule has 4 heterocycles. The molecule has 13 heteroatoms. The maximum absolute atomic E-state index is 14.0. The summed E-state index contributed by atoms with van der Waals surface area (Å²) in [5, 5.41) is 27.2. The Hall–Kier alpha value is -4.76. The van der Waals surface area contributed by atoms with Gasteiger partial charge in [-0.2, -0.15) is 5.26 Å². The normalized spacial score (nSPS) is 16.4. The zero-order valence-corrected chi connectivity index (χ0v) is 30.1. The van der Waals surface area contributed by atoms with Gasteiger partial charge in [0.15, 0.2) is 0 Å². The molecule has 0 radical (unpaired) electrons. The van der Waals surface area contributed by atoms with Crippen molar-refractivity contribution in [3.05, 3.63) is 99.7 Å². The predicted molar refractivity (Wildman–Crippen MR) is 199 cm³/mol. The Morgan fingerprint density at radius 1 is 1.06 bits per heavy atom. The molecule has 3 aromatic carbocycles. The Balaban J connectivity index is 1.29. The van der Waals surface area contributed by atoms with Gasteiger partial charge < -0.3 is 15.5 Å². The van der Waals surface area contributed by atoms with Crippen molar-refractivity contribution in [3.8, 4) is 6.07 Å². The fourth-order valence-corrected chi connectivity index (χ4v) is 7.39. The van der Waals surface area contributed by atoms with Crippen LogP contribution in [0.2, 0.25) is 10.0 Å². The number of nitrogens with zero attached hydrogens (tertiary/aromatic N) is 7. The summed E-state index contributed by atoms with van der Waals surface area (Å²) >= 11 is 12.8. The molecule has 0 bridgehead atoms. The van der Waals surface area contributed by atoms with Crippen LogP contribution in [0.15, 0.2) is 67.0 Å². The summed E-state index contributed by atoms with van der Waals surface area (Å²) in [6, 6.07) is 17.6. The van der Waals surface area contributed by atoms with Crippen LogP contribution in [-0.4, -0.2) is 56.0 Å². The van der Waals surface area contributed by atoms with Crippen LogP contribution in [0.1, 0.15) is 75.4 Å². The van der Waals surface area contributed by atoms with Crippen LogP contribution in [-0.2, 0) is 4.79 Å². The fraction of sp³-hybridized carbons (Fsp3) is 0.342. The van der Waals surface area contributed by atoms with E-state index < -0.39 is 11.9 Å². The second kappa shape index (κ2) is 14.1. The molecule has 2 aliphatic rings. The van der Waals surface area contributed by atoms with Gasteiger partial charge >= 0.3 is 0 Å². The Labute approximate surface area is 306 Å². The number of fused-ring (bicyclic) bond motifs is 1. The van der Waals surface area contributed by atoms with E-state index in [-0.39, 0.29) is 28.1 Å². The average molecular weight is 727 g/mol. The number of carbonyl (C=O) groups excluding carboxylic acids is 1. The van der Waals surface area contributed by atoms with Gasteiger partial charge in [-0.05, 0) is 88.1 Å². The molecule has 0 unspecified atom stereocenters. The van der Waals surface area contributed by atoms with E-state index in [9.17, 15) is 14.4 Å². The largest absolute Gasteiger partial charge is 0.371 e. The van der Waals surface area contributed by atoms with Gasteiger partial charge in [0.25, 0.3) is 0 Å². The molecule has 5 aromatic rings. The predicted octanol–water partition coefficient (Wildman–Crippen LogP) is 8.65. The number of hydrogen-bond acceptors (Lipinski definition) is 8. The number of likely N-dealkylation sites (tertiary alicyclic amines) is 1. The van der Waals surface area contributed by atoms with Crippen molar-refractivity contribution < 1.29 is 9.18 Å². The number of carbonyl (C=O) groups is 1. The van der Waals surface area contributed by atoms with Gasteiger partial charge in [0.1, 0.15) is 17.6 Å². The molecule has 1 amide bonds. The summed E-state index contributed by atoms with van der Waals surface area (Å²) in [7, 11) is 0. The highest BCUT2D eigenvalue weighted by Gasteiger charge is 2.30. The van der Waals surface area contributed by atoms with Crippen molar-refractivity contribution in [2.24, 2.45) is 0 Å². The lowest BCUT2D eigenvalue weighted by Crippen LogP contribution is -2.46. The summed E-state index contributed by atoms with van der Waals surface area (Å²) in [6.07, 6.45) is 6.76. The Morgan fingerprint density at radius 2 is 1.86 bits per heavy atom. The van der Waals surface area contributed by atoms with E-state index in [1.54, 1.807) is 18.2 Å². The first-order valence-electron chi connectivity index (χ1n) is 17.1. The summed E-state index contributed by atoms with van der Waals surface area (Å²) in [5.74, 6) is -0.446. The number of pyridine rings is 1. The van der Waals surface area contributed by atoms with Crippen molar-refractivity contribution in [2.75, 3.05) is 35.2 Å². The van der Waals surface area contributed by atoms with Crippen LogP contribution in [0, 0.1) is 17.1 Å². The fourth-order valence-electron chi connectivity index (χ4n) is 6.99. The van der Waals surface area contributed by atoms with Crippen molar-refractivity contribution >= 4 is 62.8 Å². The Morgan fingerprint density at radius 3 is 2.57 bits per heavy atom. The third kappa shape index (κ3) is 7.22. The molecule has 2 fully saturated rings. The van der Waals surface area contributed by atoms with Gasteiger partial charge in [0, 0.05) is 59.6 Å². The first kappa shape index (κ1) is 34.7. The lowest BCUT2D eigenvalue weighted by atomic mass is 9.98. The summed E-state index contributed by atoms with van der Waals surface area (Å²) in [4.78, 5) is 21.7. The molecule has 2 aromatic heterocycles. The highest BCUT2D eigenvalue weighted by Crippen LogP contribution is 2.39. The molecule has 0 spiro atoms. The zero-order valence-electron chi connectivity index (χ0n) is 28.6. The smallest absolute Gasteiger partial charge is 0.227 e. The van der Waals surface area contributed by atoms with Crippen LogP contribution >= 0.6 is 23.2 Å². The van der Waals surface area contributed by atoms with Gasteiger partial charge in [0.2, 0.25) is 5.91 Å². The minimum absolute atomic E-state index is 0.0502. The molecular weight excluding hydrogens is 688 g/mol. The first-order chi connectivity index (χ1) is 24.5. The Kier molecular flexibility index (Phi) is 9.59. The SMILES string of the molecule is CC(C)(C)N1CCC(n2cc([C@@H](Nc3cc(Cl)cc4c(Nc5ccc(F)c(Cl)c5)c(C#N)cnc34)c3cccc(N4CCCC4=O)c3)nn2)CC1. The molecule has 1 atom stereocenters. The topological polar surface area (TPSA) is 115 Å². The second-order valence-electron chi connectivity index (χ2n) is 14.1. The number of benzene rings is 3. The molecule has 0 aliphatic carbocycles. The standard InChI is InChI=1S/C38H38Cl2FN9O/c1-38(2,3)48-14-11-27(12-15-48)50-22-33(46-47-50)36(23-6-4-7-28(16-23)49-13-5-8-34(49)51)45-32-18-25(39)17-29-35(24(20-42)21-43-37(29)32)44-26-9-10-31(41)30(40)19-26/h4,6-7,9-10,16-19,21-22,27,36,45H,5,8,11-15H2,1-3H3,(H,43,44)/t36-/m0/s1. The molecule has 7 rings (SSSR count). The first-order valence-corrected chi connectivity index (χ1v) is 17.8. The van der Waals surface area contributed by atoms with E-state index >= 15 is 0 Å². The van der Waals surface area contributed by atoms with Crippen molar-refractivity contribution in [1.29, 1.82) is 5.26 Å². The van der Waals surface area contributed by atoms with E-state index in [1.807, 2.05) is 40.0 Å². The van der Waals surface area contributed by atoms with E-state index in [0.29, 0.717) is 51.6 Å². The lowest BCUT2D eigenvalue weighted by Gasteiger charge is -2.40. The number of amides is 1. The molecule has 10 nitrogen and oxygen atoms in total. The van der Waals surface area contributed by atoms with Crippen molar-refractivity contribution in [1.82, 2.24) is 24.9 Å². The lowest BCUT2D eigenvalue weighted by molar-refractivity contribution is -0.117. The molecule has 262 valence electrons. The highest BCUT2D eigenvalue weighted by atomic mass is 35.5. The van der Waals surface area contributed by atoms with Gasteiger partial charge in [-0.25, -0.2) is 9.07 Å². The number of nitrogens with one attached hydrogen (secondary N) is 2. The molecule has 51 heavy (non-hydrogen) atoms. The van der Waals surface area contributed by atoms with Crippen molar-refractivity contribution in [3.63, 3.8) is 0 Å². The van der Waals surface area contributed by atoms with Crippen LogP contribution in [0.25, 0.3) is 10.9 Å². The number of aromatic nitrogens is 4. The van der Waals surface area contributed by atoms with Crippen LogP contribution < -0.4 is 15.5 Å². The van der Waals surface area contributed by atoms with Gasteiger partial charge in [-0.15, -0.1) is 5.10 Å². The maximum atomic E-state index is 14.0. The third-order valence-corrected chi connectivity index (χ3v) is 10.3. The van der Waals surface area contributed by atoms with Gasteiger partial charge in [-0.1, -0.05) is 40.5 Å². The number of hydrogen-bond donors (Lipinski definition) is 2. The number of rotatable bonds is 8. The molecule has 2 saturated heterocycles. The minimum Gasteiger partial charge on any atom is -0.371 e. The molecular formula is C38H38Cl2FN9O. The summed E-state index contributed by atoms with van der Waals surface area (Å²) in [6.45, 7) is 9.35. The number of anilines is 4. The zero-order chi connectivity index (χ0) is 35.9. The maximum Gasteiger partial charge on any atom is 0.227 e. The van der Waals surface area contributed by atoms with Gasteiger partial charge in [0.05, 0.1) is 45.8 Å². The average Bonchev–Trinajstić information content (AvgIpc) is 3.78. The van der Waals surface area contributed by atoms with E-state index in [1.165, 1.54) is 18.3 Å². The van der Waals surface area contributed by atoms with Crippen molar-refractivity contribution in [2.45, 2.75) is 64.1 Å². The van der Waals surface area contributed by atoms with E-state index in [4.69, 9.17) is 33.3 Å². The second-order valence-corrected chi connectivity index (χ2v) is 14.9. The van der Waals surface area contributed by atoms with Crippen LogP contribution in [0.5, 0.6) is 0 Å². The minimum atomic E-state index is -0.548. The number of nitriles is 1. The van der Waals surface area contributed by atoms with E-state index in [2.05, 4.69) is 47.6 Å². The molecule has 2 aliphatic heterocycles. The summed E-state index contributed by atoms with van der Waals surface area (Å²) in [5.41, 5.74) is 4.87. The van der Waals surface area contributed by atoms with Gasteiger partial charge in [-0.3, -0.25) is 14.7 Å². The quantitative estimate of drug-likeness (QED) is 0.163. The summed E-state index contributed by atoms with van der Waals surface area (Å²) < 4.78 is 15.9. The molecule has 2 N–H and O–H groups in total. The van der Waals surface area contributed by atoms with Crippen LogP contribution in [0.4, 0.5) is 27.1 Å². The highest BCUT2D eigenvalue weighted by molar-refractivity contribution is 6.32. The van der Waals surface area contributed by atoms with E-state index in [0.717, 1.165) is 43.6 Å². The number of halogens is 3. The third-order valence-electron chi connectivity index (χ3n) is 9.75. The number of piperidine rings is 1. The van der Waals surface area contributed by atoms with Crippen LogP contribution in [0.3, 0.4) is 0 Å². The molecule has 0 saturated carbocycles. The Bertz CT molecular complexity index is 2150.